The lowest BCUT2D eigenvalue weighted by molar-refractivity contribution is 0.577. The second-order valence-electron chi connectivity index (χ2n) is 7.19. The minimum atomic E-state index is 0. The summed E-state index contributed by atoms with van der Waals surface area (Å²) in [5, 5.41) is 6.82. The van der Waals surface area contributed by atoms with Crippen LogP contribution in [0.25, 0.3) is 0 Å². The number of nitrogens with one attached hydrogen (secondary N) is 2. The van der Waals surface area contributed by atoms with Crippen LogP contribution < -0.4 is 16.2 Å². The smallest absolute Gasteiger partial charge is 0.250 e. The molecule has 1 aromatic heterocycles. The Kier molecular flexibility index (Phi) is 12.3. The van der Waals surface area contributed by atoms with Crippen molar-refractivity contribution in [2.75, 3.05) is 13.1 Å². The number of hydrogen-bond donors (Lipinski definition) is 2. The molecule has 2 aromatic rings. The number of aliphatic imine (C=N–C) groups is 1. The Morgan fingerprint density at radius 1 is 1.10 bits per heavy atom. The third kappa shape index (κ3) is 9.47. The highest BCUT2D eigenvalue weighted by Gasteiger charge is 2.05. The summed E-state index contributed by atoms with van der Waals surface area (Å²) in [5.41, 5.74) is 2.45. The number of unbranched alkanes of at least 4 members (excludes halogenated alkanes) is 1. The van der Waals surface area contributed by atoms with E-state index in [1.807, 2.05) is 23.6 Å². The zero-order valence-electron chi connectivity index (χ0n) is 17.9. The third-order valence-electron chi connectivity index (χ3n) is 4.76. The van der Waals surface area contributed by atoms with E-state index in [0.717, 1.165) is 57.0 Å². The van der Waals surface area contributed by atoms with Gasteiger partial charge in [-0.3, -0.25) is 9.79 Å². The highest BCUT2D eigenvalue weighted by molar-refractivity contribution is 14.0. The van der Waals surface area contributed by atoms with Crippen LogP contribution in [-0.2, 0) is 13.0 Å². The first-order valence-electron chi connectivity index (χ1n) is 10.4. The van der Waals surface area contributed by atoms with Crippen molar-refractivity contribution in [3.8, 4) is 0 Å². The molecular weight excluding hydrogens is 475 g/mol. The van der Waals surface area contributed by atoms with Crippen LogP contribution in [-0.4, -0.2) is 29.7 Å². The fourth-order valence-electron chi connectivity index (χ4n) is 3.14. The molecule has 0 saturated heterocycles. The van der Waals surface area contributed by atoms with Crippen molar-refractivity contribution < 1.29 is 0 Å². The van der Waals surface area contributed by atoms with E-state index in [1.54, 1.807) is 6.07 Å². The van der Waals surface area contributed by atoms with Gasteiger partial charge in [-0.25, -0.2) is 0 Å². The first-order chi connectivity index (χ1) is 13.6. The Balaban J connectivity index is 0.00000420. The van der Waals surface area contributed by atoms with Crippen molar-refractivity contribution in [3.05, 3.63) is 70.1 Å². The number of aromatic nitrogens is 1. The van der Waals surface area contributed by atoms with Gasteiger partial charge in [-0.15, -0.1) is 24.0 Å². The zero-order valence-corrected chi connectivity index (χ0v) is 20.2. The van der Waals surface area contributed by atoms with Gasteiger partial charge in [0.05, 0.1) is 0 Å². The quantitative estimate of drug-likeness (QED) is 0.219. The summed E-state index contributed by atoms with van der Waals surface area (Å²) in [6.07, 6.45) is 4.01. The van der Waals surface area contributed by atoms with E-state index in [9.17, 15) is 4.79 Å². The maximum atomic E-state index is 11.9. The average molecular weight is 510 g/mol. The molecule has 6 heteroatoms. The predicted molar refractivity (Wildman–Crippen MR) is 133 cm³/mol. The number of benzene rings is 1. The van der Waals surface area contributed by atoms with Gasteiger partial charge in [0.15, 0.2) is 5.96 Å². The maximum Gasteiger partial charge on any atom is 0.250 e. The van der Waals surface area contributed by atoms with E-state index >= 15 is 0 Å². The van der Waals surface area contributed by atoms with Crippen molar-refractivity contribution in [1.82, 2.24) is 15.2 Å². The molecule has 1 heterocycles. The van der Waals surface area contributed by atoms with E-state index in [2.05, 4.69) is 54.8 Å². The number of aryl methyl sites for hydroxylation is 2. The second kappa shape index (κ2) is 14.2. The molecule has 0 aliphatic rings. The first kappa shape index (κ1) is 25.2. The normalized spacial score (nSPS) is 12.2. The fourth-order valence-corrected chi connectivity index (χ4v) is 3.14. The minimum Gasteiger partial charge on any atom is -0.357 e. The lowest BCUT2D eigenvalue weighted by atomic mass is 10.1. The highest BCUT2D eigenvalue weighted by atomic mass is 127. The molecule has 0 fully saturated rings. The van der Waals surface area contributed by atoms with Gasteiger partial charge >= 0.3 is 0 Å². The maximum absolute atomic E-state index is 11.9. The van der Waals surface area contributed by atoms with Crippen LogP contribution in [0.1, 0.15) is 44.4 Å². The molecule has 0 aliphatic carbocycles. The summed E-state index contributed by atoms with van der Waals surface area (Å²) < 4.78 is 1.83. The van der Waals surface area contributed by atoms with Gasteiger partial charge in [0.25, 0.3) is 5.56 Å². The van der Waals surface area contributed by atoms with E-state index in [1.165, 1.54) is 5.56 Å². The molecule has 0 bridgehead atoms. The van der Waals surface area contributed by atoms with Gasteiger partial charge in [-0.2, -0.15) is 0 Å². The molecule has 1 unspecified atom stereocenters. The Bertz CT molecular complexity index is 789. The molecule has 29 heavy (non-hydrogen) atoms. The summed E-state index contributed by atoms with van der Waals surface area (Å²) in [7, 11) is 0. The van der Waals surface area contributed by atoms with Gasteiger partial charge in [-0.05, 0) is 58.1 Å². The summed E-state index contributed by atoms with van der Waals surface area (Å²) in [4.78, 5) is 16.6. The first-order valence-corrected chi connectivity index (χ1v) is 10.4. The van der Waals surface area contributed by atoms with Crippen molar-refractivity contribution >= 4 is 29.9 Å². The molecule has 0 saturated carbocycles. The van der Waals surface area contributed by atoms with Crippen molar-refractivity contribution in [3.63, 3.8) is 0 Å². The number of hydrogen-bond acceptors (Lipinski definition) is 2. The minimum absolute atomic E-state index is 0. The van der Waals surface area contributed by atoms with Crippen molar-refractivity contribution in [2.45, 2.75) is 59.0 Å². The number of nitrogens with zero attached hydrogens (tertiary/aromatic N) is 2. The second-order valence-corrected chi connectivity index (χ2v) is 7.19. The Labute approximate surface area is 192 Å². The average Bonchev–Trinajstić information content (AvgIpc) is 2.69. The van der Waals surface area contributed by atoms with E-state index in [-0.39, 0.29) is 29.5 Å². The Hall–Kier alpha value is -1.83. The lowest BCUT2D eigenvalue weighted by Gasteiger charge is -2.18. The van der Waals surface area contributed by atoms with Gasteiger partial charge in [0, 0.05) is 37.4 Å². The SMILES string of the molecule is CCNC(=NCCCCn1c(C)cccc1=O)NC(C)CCc1ccccc1.I. The highest BCUT2D eigenvalue weighted by Crippen LogP contribution is 2.05. The summed E-state index contributed by atoms with van der Waals surface area (Å²) >= 11 is 0. The van der Waals surface area contributed by atoms with Crippen LogP contribution in [0, 0.1) is 6.92 Å². The van der Waals surface area contributed by atoms with Crippen LogP contribution >= 0.6 is 24.0 Å². The Morgan fingerprint density at radius 3 is 2.55 bits per heavy atom. The van der Waals surface area contributed by atoms with Gasteiger partial charge in [-0.1, -0.05) is 36.4 Å². The number of pyridine rings is 1. The molecule has 2 rings (SSSR count). The number of guanidine groups is 1. The fraction of sp³-hybridized carbons (Fsp3) is 0.478. The topological polar surface area (TPSA) is 58.4 Å². The van der Waals surface area contributed by atoms with Gasteiger partial charge < -0.3 is 15.2 Å². The molecule has 5 nitrogen and oxygen atoms in total. The molecule has 0 radical (unpaired) electrons. The molecule has 0 amide bonds. The van der Waals surface area contributed by atoms with Crippen LogP contribution in [0.2, 0.25) is 0 Å². The largest absolute Gasteiger partial charge is 0.357 e. The molecule has 2 N–H and O–H groups in total. The number of rotatable bonds is 10. The third-order valence-corrected chi connectivity index (χ3v) is 4.76. The zero-order chi connectivity index (χ0) is 20.2. The monoisotopic (exact) mass is 510 g/mol. The van der Waals surface area contributed by atoms with Crippen molar-refractivity contribution in [1.29, 1.82) is 0 Å². The molecule has 1 aromatic carbocycles. The number of halogens is 1. The van der Waals surface area contributed by atoms with Gasteiger partial charge in [0.1, 0.15) is 0 Å². The molecular formula is C23H35IN4O. The van der Waals surface area contributed by atoms with Crippen LogP contribution in [0.4, 0.5) is 0 Å². The summed E-state index contributed by atoms with van der Waals surface area (Å²) in [6.45, 7) is 8.59. The predicted octanol–water partition coefficient (Wildman–Crippen LogP) is 4.13. The Morgan fingerprint density at radius 2 is 1.86 bits per heavy atom. The van der Waals surface area contributed by atoms with E-state index in [0.29, 0.717) is 6.04 Å². The summed E-state index contributed by atoms with van der Waals surface area (Å²) in [6, 6.07) is 16.3. The van der Waals surface area contributed by atoms with Crippen LogP contribution in [0.5, 0.6) is 0 Å². The van der Waals surface area contributed by atoms with Crippen LogP contribution in [0.3, 0.4) is 0 Å². The molecule has 0 aliphatic heterocycles. The summed E-state index contributed by atoms with van der Waals surface area (Å²) in [5.74, 6) is 0.871. The molecule has 0 spiro atoms. The standard InChI is InChI=1S/C23H34N4O.HI/c1-4-24-23(26-19(2)15-16-21-12-6-5-7-13-21)25-17-8-9-18-27-20(3)11-10-14-22(27)28;/h5-7,10-14,19H,4,8-9,15-18H2,1-3H3,(H2,24,25,26);1H. The van der Waals surface area contributed by atoms with Gasteiger partial charge in [0.2, 0.25) is 0 Å². The van der Waals surface area contributed by atoms with Crippen LogP contribution in [0.15, 0.2) is 58.3 Å². The van der Waals surface area contributed by atoms with E-state index < -0.39 is 0 Å². The van der Waals surface area contributed by atoms with E-state index in [4.69, 9.17) is 4.99 Å². The molecule has 1 atom stereocenters. The lowest BCUT2D eigenvalue weighted by Crippen LogP contribution is -2.42. The molecule has 160 valence electrons. The van der Waals surface area contributed by atoms with Crippen molar-refractivity contribution in [2.24, 2.45) is 4.99 Å².